The Bertz CT molecular complexity index is 268. The van der Waals surface area contributed by atoms with Crippen LogP contribution < -0.4 is 5.32 Å². The second-order valence-electron chi connectivity index (χ2n) is 3.30. The molecule has 0 fully saturated rings. The monoisotopic (exact) mass is 245 g/mol. The number of hydrogen-bond acceptors (Lipinski definition) is 2. The van der Waals surface area contributed by atoms with E-state index >= 15 is 0 Å². The first kappa shape index (κ1) is 10.7. The molecule has 0 aliphatic rings. The van der Waals surface area contributed by atoms with Gasteiger partial charge in [-0.1, -0.05) is 13.8 Å². The van der Waals surface area contributed by atoms with Crippen LogP contribution >= 0.6 is 15.9 Å². The SMILES string of the molecule is CCn1c(CNC(C)C)cnc1Br. The molecular formula is C9H16BrN3. The van der Waals surface area contributed by atoms with Crippen LogP contribution in [0.1, 0.15) is 26.5 Å². The summed E-state index contributed by atoms with van der Waals surface area (Å²) in [5, 5.41) is 3.37. The number of imidazole rings is 1. The summed E-state index contributed by atoms with van der Waals surface area (Å²) in [6.07, 6.45) is 1.91. The van der Waals surface area contributed by atoms with Gasteiger partial charge in [-0.05, 0) is 22.9 Å². The van der Waals surface area contributed by atoms with E-state index in [1.54, 1.807) is 0 Å². The van der Waals surface area contributed by atoms with E-state index < -0.39 is 0 Å². The second-order valence-corrected chi connectivity index (χ2v) is 4.01. The molecule has 0 aromatic carbocycles. The number of aromatic nitrogens is 2. The predicted octanol–water partition coefficient (Wildman–Crippen LogP) is 2.16. The maximum atomic E-state index is 4.20. The van der Waals surface area contributed by atoms with E-state index in [-0.39, 0.29) is 0 Å². The Kier molecular flexibility index (Phi) is 3.93. The van der Waals surface area contributed by atoms with Gasteiger partial charge in [0.25, 0.3) is 0 Å². The number of halogens is 1. The molecule has 0 amide bonds. The molecule has 0 aliphatic heterocycles. The summed E-state index contributed by atoms with van der Waals surface area (Å²) in [5.41, 5.74) is 1.23. The van der Waals surface area contributed by atoms with E-state index in [0.717, 1.165) is 17.8 Å². The Morgan fingerprint density at radius 1 is 1.62 bits per heavy atom. The molecule has 0 saturated heterocycles. The topological polar surface area (TPSA) is 29.9 Å². The van der Waals surface area contributed by atoms with Crippen LogP contribution in [0.25, 0.3) is 0 Å². The number of rotatable bonds is 4. The molecule has 4 heteroatoms. The molecule has 74 valence electrons. The van der Waals surface area contributed by atoms with Gasteiger partial charge >= 0.3 is 0 Å². The van der Waals surface area contributed by atoms with Crippen LogP contribution in [-0.4, -0.2) is 15.6 Å². The molecule has 0 radical (unpaired) electrons. The van der Waals surface area contributed by atoms with Crippen LogP contribution in [0.15, 0.2) is 10.9 Å². The molecule has 1 N–H and O–H groups in total. The zero-order chi connectivity index (χ0) is 9.84. The molecule has 1 rings (SSSR count). The van der Waals surface area contributed by atoms with Crippen LogP contribution in [0, 0.1) is 0 Å². The molecule has 1 aromatic heterocycles. The highest BCUT2D eigenvalue weighted by atomic mass is 79.9. The zero-order valence-electron chi connectivity index (χ0n) is 8.34. The normalized spacial score (nSPS) is 11.2. The third-order valence-corrected chi connectivity index (χ3v) is 2.53. The van der Waals surface area contributed by atoms with Gasteiger partial charge in [-0.2, -0.15) is 0 Å². The maximum absolute atomic E-state index is 4.20. The van der Waals surface area contributed by atoms with Gasteiger partial charge in [0.2, 0.25) is 0 Å². The van der Waals surface area contributed by atoms with E-state index in [1.807, 2.05) is 6.20 Å². The van der Waals surface area contributed by atoms with Gasteiger partial charge < -0.3 is 9.88 Å². The van der Waals surface area contributed by atoms with Crippen LogP contribution in [0.4, 0.5) is 0 Å². The third-order valence-electron chi connectivity index (χ3n) is 1.90. The van der Waals surface area contributed by atoms with Gasteiger partial charge in [0.05, 0.1) is 11.9 Å². The first-order chi connectivity index (χ1) is 6.15. The van der Waals surface area contributed by atoms with Gasteiger partial charge in [-0.3, -0.25) is 0 Å². The summed E-state index contributed by atoms with van der Waals surface area (Å²) in [7, 11) is 0. The predicted molar refractivity (Wildman–Crippen MR) is 57.6 cm³/mol. The molecule has 3 nitrogen and oxygen atoms in total. The highest BCUT2D eigenvalue weighted by Gasteiger charge is 2.05. The largest absolute Gasteiger partial charge is 0.322 e. The highest BCUT2D eigenvalue weighted by molar-refractivity contribution is 9.10. The molecule has 1 heterocycles. The molecule has 0 spiro atoms. The molecule has 13 heavy (non-hydrogen) atoms. The van der Waals surface area contributed by atoms with E-state index in [9.17, 15) is 0 Å². The Balaban J connectivity index is 2.65. The fourth-order valence-corrected chi connectivity index (χ4v) is 1.75. The minimum atomic E-state index is 0.513. The molecule has 0 aliphatic carbocycles. The Morgan fingerprint density at radius 3 is 2.85 bits per heavy atom. The lowest BCUT2D eigenvalue weighted by atomic mass is 10.3. The van der Waals surface area contributed by atoms with Crippen molar-refractivity contribution in [2.45, 2.75) is 39.9 Å². The van der Waals surface area contributed by atoms with Crippen LogP contribution in [-0.2, 0) is 13.1 Å². The zero-order valence-corrected chi connectivity index (χ0v) is 9.93. The summed E-state index contributed by atoms with van der Waals surface area (Å²) in [6, 6.07) is 0.513. The van der Waals surface area contributed by atoms with Crippen molar-refractivity contribution in [3.63, 3.8) is 0 Å². The van der Waals surface area contributed by atoms with E-state index in [1.165, 1.54) is 5.69 Å². The highest BCUT2D eigenvalue weighted by Crippen LogP contribution is 2.11. The van der Waals surface area contributed by atoms with Crippen LogP contribution in [0.5, 0.6) is 0 Å². The Hall–Kier alpha value is -0.350. The first-order valence-electron chi connectivity index (χ1n) is 4.58. The van der Waals surface area contributed by atoms with Gasteiger partial charge in [0, 0.05) is 19.1 Å². The van der Waals surface area contributed by atoms with E-state index in [0.29, 0.717) is 6.04 Å². The number of hydrogen-bond donors (Lipinski definition) is 1. The second kappa shape index (κ2) is 4.77. The summed E-state index contributed by atoms with van der Waals surface area (Å²) in [6.45, 7) is 8.23. The van der Waals surface area contributed by atoms with Gasteiger partial charge in [0.1, 0.15) is 0 Å². The molecule has 0 bridgehead atoms. The molecule has 1 aromatic rings. The van der Waals surface area contributed by atoms with Crippen molar-refractivity contribution in [1.29, 1.82) is 0 Å². The summed E-state index contributed by atoms with van der Waals surface area (Å²) in [5.74, 6) is 0. The first-order valence-corrected chi connectivity index (χ1v) is 5.37. The van der Waals surface area contributed by atoms with Crippen molar-refractivity contribution in [3.05, 3.63) is 16.6 Å². The van der Waals surface area contributed by atoms with Crippen molar-refractivity contribution in [1.82, 2.24) is 14.9 Å². The van der Waals surface area contributed by atoms with Crippen molar-refractivity contribution < 1.29 is 0 Å². The van der Waals surface area contributed by atoms with E-state index in [4.69, 9.17) is 0 Å². The van der Waals surface area contributed by atoms with Gasteiger partial charge in [-0.25, -0.2) is 4.98 Å². The van der Waals surface area contributed by atoms with E-state index in [2.05, 4.69) is 51.6 Å². The Labute approximate surface area is 87.7 Å². The average molecular weight is 246 g/mol. The van der Waals surface area contributed by atoms with Crippen LogP contribution in [0.2, 0.25) is 0 Å². The quantitative estimate of drug-likeness (QED) is 0.882. The Morgan fingerprint density at radius 2 is 2.31 bits per heavy atom. The molecule has 0 unspecified atom stereocenters. The van der Waals surface area contributed by atoms with Crippen LogP contribution in [0.3, 0.4) is 0 Å². The maximum Gasteiger partial charge on any atom is 0.177 e. The summed E-state index contributed by atoms with van der Waals surface area (Å²) < 4.78 is 3.06. The van der Waals surface area contributed by atoms with Crippen molar-refractivity contribution in [3.8, 4) is 0 Å². The summed E-state index contributed by atoms with van der Waals surface area (Å²) >= 11 is 3.41. The number of nitrogens with zero attached hydrogens (tertiary/aromatic N) is 2. The van der Waals surface area contributed by atoms with Crippen molar-refractivity contribution in [2.75, 3.05) is 0 Å². The lowest BCUT2D eigenvalue weighted by Crippen LogP contribution is -2.23. The lowest BCUT2D eigenvalue weighted by molar-refractivity contribution is 0.559. The van der Waals surface area contributed by atoms with Gasteiger partial charge in [0.15, 0.2) is 4.73 Å². The van der Waals surface area contributed by atoms with Crippen molar-refractivity contribution >= 4 is 15.9 Å². The minimum Gasteiger partial charge on any atom is -0.322 e. The van der Waals surface area contributed by atoms with Gasteiger partial charge in [-0.15, -0.1) is 0 Å². The lowest BCUT2D eigenvalue weighted by Gasteiger charge is -2.09. The summed E-state index contributed by atoms with van der Waals surface area (Å²) in [4.78, 5) is 4.20. The third kappa shape index (κ3) is 2.81. The molecule has 0 saturated carbocycles. The van der Waals surface area contributed by atoms with Crippen molar-refractivity contribution in [2.24, 2.45) is 0 Å². The fourth-order valence-electron chi connectivity index (χ4n) is 1.17. The molecule has 0 atom stereocenters. The smallest absolute Gasteiger partial charge is 0.177 e. The minimum absolute atomic E-state index is 0.513. The average Bonchev–Trinajstić information content (AvgIpc) is 2.42. The number of nitrogens with one attached hydrogen (secondary N) is 1. The molecular weight excluding hydrogens is 230 g/mol. The fraction of sp³-hybridized carbons (Fsp3) is 0.667. The standard InChI is InChI=1S/C9H16BrN3/c1-4-13-8(5-11-7(2)3)6-12-9(13)10/h6-7,11H,4-5H2,1-3H3.